The van der Waals surface area contributed by atoms with E-state index in [1.807, 2.05) is 29.9 Å². The molecule has 1 aromatic carbocycles. The van der Waals surface area contributed by atoms with Crippen molar-refractivity contribution in [3.05, 3.63) is 42.2 Å². The summed E-state index contributed by atoms with van der Waals surface area (Å²) in [5.41, 5.74) is 7.79. The molecule has 1 heterocycles. The third-order valence-corrected chi connectivity index (χ3v) is 2.46. The molecule has 4 nitrogen and oxygen atoms in total. The van der Waals surface area contributed by atoms with Crippen molar-refractivity contribution in [1.82, 2.24) is 9.55 Å². The van der Waals surface area contributed by atoms with Crippen LogP contribution in [0.1, 0.15) is 5.56 Å². The van der Waals surface area contributed by atoms with Gasteiger partial charge in [0.25, 0.3) is 0 Å². The first-order valence-electron chi connectivity index (χ1n) is 5.33. The van der Waals surface area contributed by atoms with Crippen LogP contribution in [0.4, 0.5) is 11.6 Å². The van der Waals surface area contributed by atoms with Crippen LogP contribution in [0.15, 0.2) is 36.7 Å². The van der Waals surface area contributed by atoms with Gasteiger partial charge in [-0.25, -0.2) is 4.98 Å². The van der Waals surface area contributed by atoms with Gasteiger partial charge in [0.05, 0.1) is 0 Å². The second-order valence-corrected chi connectivity index (χ2v) is 3.72. The quantitative estimate of drug-likeness (QED) is 0.817. The Bertz CT molecular complexity index is 444. The van der Waals surface area contributed by atoms with Crippen LogP contribution in [0.3, 0.4) is 0 Å². The molecule has 0 saturated carbocycles. The maximum absolute atomic E-state index is 5.50. The van der Waals surface area contributed by atoms with Crippen LogP contribution >= 0.6 is 0 Å². The van der Waals surface area contributed by atoms with Crippen molar-refractivity contribution in [2.75, 3.05) is 11.9 Å². The SMILES string of the molecule is Cn1ccnc1Nc1ccc(CCN)cc1. The van der Waals surface area contributed by atoms with E-state index >= 15 is 0 Å². The van der Waals surface area contributed by atoms with E-state index < -0.39 is 0 Å². The highest BCUT2D eigenvalue weighted by Crippen LogP contribution is 2.14. The molecule has 0 atom stereocenters. The number of benzene rings is 1. The summed E-state index contributed by atoms with van der Waals surface area (Å²) in [6.45, 7) is 0.687. The number of aromatic nitrogens is 2. The molecule has 0 amide bonds. The Morgan fingerprint density at radius 3 is 2.62 bits per heavy atom. The molecule has 0 aliphatic rings. The minimum atomic E-state index is 0.687. The van der Waals surface area contributed by atoms with Gasteiger partial charge >= 0.3 is 0 Å². The number of rotatable bonds is 4. The van der Waals surface area contributed by atoms with Crippen molar-refractivity contribution < 1.29 is 0 Å². The minimum Gasteiger partial charge on any atom is -0.330 e. The van der Waals surface area contributed by atoms with Crippen LogP contribution in [-0.4, -0.2) is 16.1 Å². The second kappa shape index (κ2) is 4.81. The lowest BCUT2D eigenvalue weighted by atomic mass is 10.1. The zero-order valence-corrected chi connectivity index (χ0v) is 9.35. The van der Waals surface area contributed by atoms with Crippen LogP contribution in [-0.2, 0) is 13.5 Å². The molecular formula is C12H16N4. The molecule has 0 bridgehead atoms. The number of hydrogen-bond donors (Lipinski definition) is 2. The molecule has 0 saturated heterocycles. The predicted molar refractivity (Wildman–Crippen MR) is 65.7 cm³/mol. The summed E-state index contributed by atoms with van der Waals surface area (Å²) < 4.78 is 1.94. The fourth-order valence-electron chi connectivity index (χ4n) is 1.54. The average Bonchev–Trinajstić information content (AvgIpc) is 2.68. The molecule has 0 fully saturated rings. The fraction of sp³-hybridized carbons (Fsp3) is 0.250. The second-order valence-electron chi connectivity index (χ2n) is 3.72. The number of anilines is 2. The number of aryl methyl sites for hydroxylation is 1. The third kappa shape index (κ3) is 2.41. The van der Waals surface area contributed by atoms with Crippen LogP contribution in [0.5, 0.6) is 0 Å². The van der Waals surface area contributed by atoms with Crippen molar-refractivity contribution in [3.8, 4) is 0 Å². The Morgan fingerprint density at radius 2 is 2.06 bits per heavy atom. The van der Waals surface area contributed by atoms with Gasteiger partial charge in [-0.05, 0) is 30.7 Å². The van der Waals surface area contributed by atoms with E-state index in [0.717, 1.165) is 18.1 Å². The van der Waals surface area contributed by atoms with Crippen LogP contribution in [0.2, 0.25) is 0 Å². The van der Waals surface area contributed by atoms with Gasteiger partial charge in [-0.3, -0.25) is 0 Å². The maximum atomic E-state index is 5.50. The highest BCUT2D eigenvalue weighted by molar-refractivity contribution is 5.53. The lowest BCUT2D eigenvalue weighted by Gasteiger charge is -2.06. The van der Waals surface area contributed by atoms with E-state index in [9.17, 15) is 0 Å². The highest BCUT2D eigenvalue weighted by Gasteiger charge is 1.99. The first kappa shape index (κ1) is 10.7. The molecule has 0 spiro atoms. The number of hydrogen-bond acceptors (Lipinski definition) is 3. The first-order chi connectivity index (χ1) is 7.79. The van der Waals surface area contributed by atoms with Gasteiger partial charge in [0.2, 0.25) is 5.95 Å². The molecule has 84 valence electrons. The highest BCUT2D eigenvalue weighted by atomic mass is 15.2. The van der Waals surface area contributed by atoms with Gasteiger partial charge in [0.15, 0.2) is 0 Å². The predicted octanol–water partition coefficient (Wildman–Crippen LogP) is 1.66. The molecule has 0 aliphatic heterocycles. The molecule has 4 heteroatoms. The number of imidazole rings is 1. The summed E-state index contributed by atoms with van der Waals surface area (Å²) in [6.07, 6.45) is 4.60. The Morgan fingerprint density at radius 1 is 1.31 bits per heavy atom. The summed E-state index contributed by atoms with van der Waals surface area (Å²) in [7, 11) is 1.96. The van der Waals surface area contributed by atoms with Crippen molar-refractivity contribution in [2.45, 2.75) is 6.42 Å². The van der Waals surface area contributed by atoms with E-state index in [1.54, 1.807) is 6.20 Å². The zero-order valence-electron chi connectivity index (χ0n) is 9.35. The summed E-state index contributed by atoms with van der Waals surface area (Å²) in [4.78, 5) is 4.20. The van der Waals surface area contributed by atoms with Gasteiger partial charge in [0.1, 0.15) is 0 Å². The third-order valence-electron chi connectivity index (χ3n) is 2.46. The first-order valence-corrected chi connectivity index (χ1v) is 5.33. The molecule has 3 N–H and O–H groups in total. The molecule has 0 radical (unpaired) electrons. The van der Waals surface area contributed by atoms with E-state index in [1.165, 1.54) is 5.56 Å². The van der Waals surface area contributed by atoms with E-state index in [-0.39, 0.29) is 0 Å². The Labute approximate surface area is 95.1 Å². The largest absolute Gasteiger partial charge is 0.330 e. The number of nitrogens with one attached hydrogen (secondary N) is 1. The molecule has 16 heavy (non-hydrogen) atoms. The van der Waals surface area contributed by atoms with Gasteiger partial charge in [0, 0.05) is 25.1 Å². The van der Waals surface area contributed by atoms with Crippen LogP contribution in [0.25, 0.3) is 0 Å². The Balaban J connectivity index is 2.08. The van der Waals surface area contributed by atoms with Gasteiger partial charge in [-0.15, -0.1) is 0 Å². The summed E-state index contributed by atoms with van der Waals surface area (Å²) in [5, 5.41) is 3.24. The molecule has 2 rings (SSSR count). The van der Waals surface area contributed by atoms with Gasteiger partial charge in [-0.2, -0.15) is 0 Å². The van der Waals surface area contributed by atoms with E-state index in [4.69, 9.17) is 5.73 Å². The van der Waals surface area contributed by atoms with Crippen molar-refractivity contribution in [3.63, 3.8) is 0 Å². The lowest BCUT2D eigenvalue weighted by Crippen LogP contribution is -2.03. The number of nitrogens with two attached hydrogens (primary N) is 1. The topological polar surface area (TPSA) is 55.9 Å². The van der Waals surface area contributed by atoms with Crippen molar-refractivity contribution in [1.29, 1.82) is 0 Å². The van der Waals surface area contributed by atoms with Crippen molar-refractivity contribution in [2.24, 2.45) is 12.8 Å². The van der Waals surface area contributed by atoms with Crippen molar-refractivity contribution >= 4 is 11.6 Å². The zero-order chi connectivity index (χ0) is 11.4. The average molecular weight is 216 g/mol. The monoisotopic (exact) mass is 216 g/mol. The maximum Gasteiger partial charge on any atom is 0.207 e. The minimum absolute atomic E-state index is 0.687. The van der Waals surface area contributed by atoms with Crippen LogP contribution in [0, 0.1) is 0 Å². The van der Waals surface area contributed by atoms with Gasteiger partial charge in [-0.1, -0.05) is 12.1 Å². The molecule has 0 aliphatic carbocycles. The summed E-state index contributed by atoms with van der Waals surface area (Å²) >= 11 is 0. The molecule has 2 aromatic rings. The van der Waals surface area contributed by atoms with E-state index in [2.05, 4.69) is 22.4 Å². The molecule has 1 aromatic heterocycles. The van der Waals surface area contributed by atoms with Crippen LogP contribution < -0.4 is 11.1 Å². The lowest BCUT2D eigenvalue weighted by molar-refractivity contribution is 0.924. The Hall–Kier alpha value is -1.81. The fourth-order valence-corrected chi connectivity index (χ4v) is 1.54. The summed E-state index contributed by atoms with van der Waals surface area (Å²) in [6, 6.07) is 8.25. The molecular weight excluding hydrogens is 200 g/mol. The smallest absolute Gasteiger partial charge is 0.207 e. The van der Waals surface area contributed by atoms with Gasteiger partial charge < -0.3 is 15.6 Å². The normalized spacial score (nSPS) is 10.4. The standard InChI is InChI=1S/C12H16N4/c1-16-9-8-14-12(16)15-11-4-2-10(3-5-11)6-7-13/h2-5,8-9H,6-7,13H2,1H3,(H,14,15). The summed E-state index contributed by atoms with van der Waals surface area (Å²) in [5.74, 6) is 0.839. The molecule has 0 unspecified atom stereocenters. The Kier molecular flexibility index (Phi) is 3.22. The van der Waals surface area contributed by atoms with E-state index in [0.29, 0.717) is 6.54 Å². The number of nitrogens with zero attached hydrogens (tertiary/aromatic N) is 2.